The van der Waals surface area contributed by atoms with Crippen LogP contribution in [0.25, 0.3) is 33.5 Å². The van der Waals surface area contributed by atoms with Crippen molar-refractivity contribution in [3.8, 4) is 23.1 Å². The summed E-state index contributed by atoms with van der Waals surface area (Å²) in [7, 11) is 1.53. The third kappa shape index (κ3) is 4.78. The summed E-state index contributed by atoms with van der Waals surface area (Å²) in [5.74, 6) is -0.346. The van der Waals surface area contributed by atoms with E-state index in [1.54, 1.807) is 48.5 Å². The molecular formula is C27H20N4O8. The zero-order valence-corrected chi connectivity index (χ0v) is 20.6. The van der Waals surface area contributed by atoms with Crippen molar-refractivity contribution >= 4 is 39.7 Å². The lowest BCUT2D eigenvalue weighted by Crippen LogP contribution is -2.23. The van der Waals surface area contributed by atoms with Crippen molar-refractivity contribution in [1.29, 1.82) is 0 Å². The van der Waals surface area contributed by atoms with Gasteiger partial charge in [-0.2, -0.15) is 9.78 Å². The number of rotatable bonds is 8. The van der Waals surface area contributed by atoms with E-state index in [2.05, 4.69) is 10.1 Å². The second-order valence-electron chi connectivity index (χ2n) is 8.37. The zero-order chi connectivity index (χ0) is 27.7. The van der Waals surface area contributed by atoms with Crippen molar-refractivity contribution in [3.05, 3.63) is 92.8 Å². The number of para-hydroxylation sites is 1. The van der Waals surface area contributed by atoms with Gasteiger partial charge < -0.3 is 19.0 Å². The number of carboxylic acid groups (broad SMARTS) is 1. The van der Waals surface area contributed by atoms with Gasteiger partial charge in [0.2, 0.25) is 5.82 Å². The topological polar surface area (TPSA) is 159 Å². The maximum atomic E-state index is 13.5. The smallest absolute Gasteiger partial charge is 0.344 e. The summed E-state index contributed by atoms with van der Waals surface area (Å²) in [4.78, 5) is 40.2. The first-order valence-corrected chi connectivity index (χ1v) is 11.6. The quantitative estimate of drug-likeness (QED) is 0.174. The molecule has 0 saturated carbocycles. The molecule has 0 saturated heterocycles. The lowest BCUT2D eigenvalue weighted by molar-refractivity contribution is -0.384. The number of carbonyl (C=O) groups is 1. The second-order valence-corrected chi connectivity index (χ2v) is 8.37. The van der Waals surface area contributed by atoms with Gasteiger partial charge in [0.15, 0.2) is 11.9 Å². The van der Waals surface area contributed by atoms with Crippen molar-refractivity contribution < 1.29 is 28.7 Å². The third-order valence-corrected chi connectivity index (χ3v) is 5.88. The maximum absolute atomic E-state index is 13.5. The molecule has 0 amide bonds. The Morgan fingerprint density at radius 1 is 1.13 bits per heavy atom. The van der Waals surface area contributed by atoms with Crippen molar-refractivity contribution in [1.82, 2.24) is 9.66 Å². The Balaban J connectivity index is 1.71. The van der Waals surface area contributed by atoms with Crippen molar-refractivity contribution in [3.63, 3.8) is 0 Å². The predicted molar refractivity (Wildman–Crippen MR) is 142 cm³/mol. The van der Waals surface area contributed by atoms with Gasteiger partial charge in [0.05, 0.1) is 34.5 Å². The molecule has 12 nitrogen and oxygen atoms in total. The minimum Gasteiger partial charge on any atom is -0.496 e. The van der Waals surface area contributed by atoms with Crippen LogP contribution in [0.2, 0.25) is 0 Å². The SMILES string of the molecule is COc1cccc2oc(-c3nc4ccccc4c(=O)n3N=Cc3cc([N+](=O)[O-])ccc3O[C@H](C)C(=O)O)cc12. The van der Waals surface area contributed by atoms with Crippen LogP contribution < -0.4 is 15.0 Å². The molecule has 1 atom stereocenters. The monoisotopic (exact) mass is 528 g/mol. The standard InChI is InChI=1S/C27H20N4O8/c1-15(27(33)34)38-21-11-10-17(31(35)36)12-16(21)14-28-30-25(29-20-7-4-3-6-18(20)26(30)32)24-13-19-22(37-2)8-5-9-23(19)39-24/h3-15H,1-2H3,(H,33,34)/t15-/m1/s1. The summed E-state index contributed by atoms with van der Waals surface area (Å²) in [6.45, 7) is 1.32. The predicted octanol–water partition coefficient (Wildman–Crippen LogP) is 4.46. The molecule has 3 aromatic carbocycles. The van der Waals surface area contributed by atoms with Crippen LogP contribution >= 0.6 is 0 Å². The molecule has 0 spiro atoms. The van der Waals surface area contributed by atoms with Crippen molar-refractivity contribution in [2.75, 3.05) is 7.11 Å². The number of nitro groups is 1. The lowest BCUT2D eigenvalue weighted by atomic mass is 10.2. The number of ether oxygens (including phenoxy) is 2. The highest BCUT2D eigenvalue weighted by molar-refractivity contribution is 5.89. The highest BCUT2D eigenvalue weighted by Gasteiger charge is 2.20. The van der Waals surface area contributed by atoms with E-state index in [1.165, 1.54) is 38.4 Å². The van der Waals surface area contributed by atoms with E-state index in [0.29, 0.717) is 22.2 Å². The lowest BCUT2D eigenvalue weighted by Gasteiger charge is -2.12. The first kappa shape index (κ1) is 25.1. The Labute approximate surface area is 219 Å². The Morgan fingerprint density at radius 2 is 1.92 bits per heavy atom. The fourth-order valence-corrected chi connectivity index (χ4v) is 3.93. The van der Waals surface area contributed by atoms with Gasteiger partial charge >= 0.3 is 5.97 Å². The highest BCUT2D eigenvalue weighted by atomic mass is 16.6. The van der Waals surface area contributed by atoms with Crippen LogP contribution in [-0.2, 0) is 4.79 Å². The molecule has 0 aliphatic carbocycles. The van der Waals surface area contributed by atoms with E-state index in [4.69, 9.17) is 13.9 Å². The minimum atomic E-state index is -1.25. The molecule has 0 bridgehead atoms. The van der Waals surface area contributed by atoms with Crippen LogP contribution in [0.5, 0.6) is 11.5 Å². The number of non-ortho nitro benzene ring substituents is 1. The number of fused-ring (bicyclic) bond motifs is 2. The van der Waals surface area contributed by atoms with Gasteiger partial charge in [-0.3, -0.25) is 14.9 Å². The van der Waals surface area contributed by atoms with Crippen LogP contribution in [0, 0.1) is 10.1 Å². The number of aliphatic carboxylic acids is 1. The van der Waals surface area contributed by atoms with Gasteiger partial charge in [0, 0.05) is 17.7 Å². The molecule has 2 heterocycles. The summed E-state index contributed by atoms with van der Waals surface area (Å²) in [5.41, 5.74) is 0.186. The van der Waals surface area contributed by atoms with Gasteiger partial charge in [-0.1, -0.05) is 18.2 Å². The summed E-state index contributed by atoms with van der Waals surface area (Å²) in [5, 5.41) is 25.9. The molecule has 0 unspecified atom stereocenters. The van der Waals surface area contributed by atoms with Gasteiger partial charge in [-0.25, -0.2) is 9.78 Å². The van der Waals surface area contributed by atoms with Crippen molar-refractivity contribution in [2.24, 2.45) is 5.10 Å². The summed E-state index contributed by atoms with van der Waals surface area (Å²) >= 11 is 0. The number of carboxylic acids is 1. The van der Waals surface area contributed by atoms with Gasteiger partial charge in [-0.15, -0.1) is 0 Å². The second kappa shape index (κ2) is 10.1. The van der Waals surface area contributed by atoms with E-state index in [0.717, 1.165) is 4.68 Å². The number of nitrogens with zero attached hydrogens (tertiary/aromatic N) is 4. The van der Waals surface area contributed by atoms with E-state index < -0.39 is 22.6 Å². The number of benzene rings is 3. The van der Waals surface area contributed by atoms with E-state index >= 15 is 0 Å². The fourth-order valence-electron chi connectivity index (χ4n) is 3.93. The third-order valence-electron chi connectivity index (χ3n) is 5.88. The highest BCUT2D eigenvalue weighted by Crippen LogP contribution is 2.33. The molecule has 5 aromatic rings. The molecule has 1 N–H and O–H groups in total. The maximum Gasteiger partial charge on any atom is 0.344 e. The molecule has 196 valence electrons. The number of nitro benzene ring substituents is 1. The fraction of sp³-hybridized carbons (Fsp3) is 0.111. The van der Waals surface area contributed by atoms with Crippen LogP contribution in [0.15, 0.2) is 81.0 Å². The number of hydrogen-bond donors (Lipinski definition) is 1. The van der Waals surface area contributed by atoms with Gasteiger partial charge in [-0.05, 0) is 43.3 Å². The normalized spacial score (nSPS) is 12.2. The van der Waals surface area contributed by atoms with Crippen LogP contribution in [0.3, 0.4) is 0 Å². The molecule has 0 aliphatic rings. The minimum absolute atomic E-state index is 0.0241. The van der Waals surface area contributed by atoms with Crippen LogP contribution in [0.1, 0.15) is 12.5 Å². The zero-order valence-electron chi connectivity index (χ0n) is 20.6. The Hall–Kier alpha value is -5.52. The molecule has 2 aromatic heterocycles. The van der Waals surface area contributed by atoms with Gasteiger partial charge in [0.1, 0.15) is 17.1 Å². The van der Waals surface area contributed by atoms with E-state index in [-0.39, 0.29) is 34.0 Å². The van der Waals surface area contributed by atoms with Crippen LogP contribution in [-0.4, -0.2) is 45.1 Å². The van der Waals surface area contributed by atoms with E-state index in [9.17, 15) is 24.8 Å². The summed E-state index contributed by atoms with van der Waals surface area (Å²) in [6, 6.07) is 17.3. The first-order valence-electron chi connectivity index (χ1n) is 11.6. The Morgan fingerprint density at radius 3 is 2.67 bits per heavy atom. The number of aromatic nitrogens is 2. The molecule has 5 rings (SSSR count). The largest absolute Gasteiger partial charge is 0.496 e. The Bertz CT molecular complexity index is 1840. The average molecular weight is 528 g/mol. The van der Waals surface area contributed by atoms with E-state index in [1.807, 2.05) is 0 Å². The molecule has 12 heteroatoms. The van der Waals surface area contributed by atoms with Gasteiger partial charge in [0.25, 0.3) is 11.2 Å². The average Bonchev–Trinajstić information content (AvgIpc) is 3.37. The Kier molecular flexibility index (Phi) is 6.51. The number of methoxy groups -OCH3 is 1. The van der Waals surface area contributed by atoms with Crippen molar-refractivity contribution in [2.45, 2.75) is 13.0 Å². The number of hydrogen-bond acceptors (Lipinski definition) is 9. The summed E-state index contributed by atoms with van der Waals surface area (Å²) in [6.07, 6.45) is -0.0774. The summed E-state index contributed by atoms with van der Waals surface area (Å²) < 4.78 is 17.9. The molecule has 0 radical (unpaired) electrons. The molecule has 0 aliphatic heterocycles. The van der Waals surface area contributed by atoms with Crippen LogP contribution in [0.4, 0.5) is 5.69 Å². The molecule has 39 heavy (non-hydrogen) atoms. The molecular weight excluding hydrogens is 508 g/mol. The first-order chi connectivity index (χ1) is 18.8. The molecule has 0 fully saturated rings. The number of furan rings is 1.